The zero-order valence-corrected chi connectivity index (χ0v) is 16.9. The van der Waals surface area contributed by atoms with E-state index in [4.69, 9.17) is 0 Å². The molecule has 3 nitrogen and oxygen atoms in total. The third-order valence-electron chi connectivity index (χ3n) is 7.49. The Labute approximate surface area is 168 Å². The number of benzene rings is 2. The van der Waals surface area contributed by atoms with E-state index in [2.05, 4.69) is 66.5 Å². The Morgan fingerprint density at radius 2 is 1.93 bits per heavy atom. The lowest BCUT2D eigenvalue weighted by Crippen LogP contribution is -2.61. The van der Waals surface area contributed by atoms with Gasteiger partial charge in [-0.25, -0.2) is 0 Å². The Bertz CT molecular complexity index is 889. The van der Waals surface area contributed by atoms with Crippen molar-refractivity contribution in [3.63, 3.8) is 0 Å². The molecule has 1 aliphatic heterocycles. The van der Waals surface area contributed by atoms with Crippen molar-refractivity contribution >= 4 is 11.5 Å². The molecule has 28 heavy (non-hydrogen) atoms. The molecular formula is C25H30N2O. The fourth-order valence-corrected chi connectivity index (χ4v) is 5.32. The predicted molar refractivity (Wildman–Crippen MR) is 114 cm³/mol. The molecule has 2 aliphatic carbocycles. The molecule has 3 atom stereocenters. The van der Waals surface area contributed by atoms with Crippen LogP contribution in [0.4, 0.5) is 5.69 Å². The van der Waals surface area contributed by atoms with Gasteiger partial charge in [0.15, 0.2) is 5.78 Å². The van der Waals surface area contributed by atoms with Gasteiger partial charge in [0, 0.05) is 24.3 Å². The van der Waals surface area contributed by atoms with Crippen molar-refractivity contribution in [3.05, 3.63) is 65.2 Å². The van der Waals surface area contributed by atoms with Crippen molar-refractivity contribution in [2.45, 2.75) is 51.1 Å². The number of carbonyl (C=O) groups is 1. The summed E-state index contributed by atoms with van der Waals surface area (Å²) in [5.74, 6) is 1.54. The van der Waals surface area contributed by atoms with Crippen LogP contribution in [0.2, 0.25) is 0 Å². The third-order valence-corrected chi connectivity index (χ3v) is 7.49. The normalized spacial score (nSPS) is 29.4. The molecule has 2 aromatic carbocycles. The minimum atomic E-state index is 0.0648. The van der Waals surface area contributed by atoms with Gasteiger partial charge in [-0.3, -0.25) is 9.69 Å². The zero-order valence-electron chi connectivity index (χ0n) is 16.9. The summed E-state index contributed by atoms with van der Waals surface area (Å²) < 4.78 is 0. The lowest BCUT2D eigenvalue weighted by Gasteiger charge is -2.53. The number of ketones is 1. The van der Waals surface area contributed by atoms with Gasteiger partial charge in [-0.15, -0.1) is 0 Å². The van der Waals surface area contributed by atoms with Crippen molar-refractivity contribution < 1.29 is 4.79 Å². The van der Waals surface area contributed by atoms with E-state index in [1.807, 2.05) is 6.07 Å². The second-order valence-electron chi connectivity index (χ2n) is 9.30. The molecule has 0 spiro atoms. The maximum absolute atomic E-state index is 13.4. The van der Waals surface area contributed by atoms with Crippen LogP contribution < -0.4 is 5.32 Å². The summed E-state index contributed by atoms with van der Waals surface area (Å²) in [5.41, 5.74) is 4.67. The van der Waals surface area contributed by atoms with Gasteiger partial charge in [0.25, 0.3) is 0 Å². The molecule has 2 bridgehead atoms. The van der Waals surface area contributed by atoms with Crippen LogP contribution in [0.25, 0.3) is 0 Å². The van der Waals surface area contributed by atoms with E-state index >= 15 is 0 Å². The predicted octanol–water partition coefficient (Wildman–Crippen LogP) is 4.87. The van der Waals surface area contributed by atoms with Crippen molar-refractivity contribution in [3.8, 4) is 0 Å². The molecule has 3 aliphatic rings. The van der Waals surface area contributed by atoms with E-state index in [-0.39, 0.29) is 11.5 Å². The van der Waals surface area contributed by atoms with Crippen LogP contribution in [0, 0.1) is 11.8 Å². The van der Waals surface area contributed by atoms with Crippen LogP contribution in [-0.4, -0.2) is 29.8 Å². The second-order valence-corrected chi connectivity index (χ2v) is 9.30. The first kappa shape index (κ1) is 17.9. The fraction of sp³-hybridized carbons (Fsp3) is 0.480. The van der Waals surface area contributed by atoms with E-state index < -0.39 is 0 Å². The van der Waals surface area contributed by atoms with Crippen LogP contribution in [0.1, 0.15) is 54.6 Å². The summed E-state index contributed by atoms with van der Waals surface area (Å²) in [6.45, 7) is 7.65. The van der Waals surface area contributed by atoms with E-state index in [1.165, 1.54) is 24.0 Å². The minimum Gasteiger partial charge on any atom is -0.381 e. The van der Waals surface area contributed by atoms with E-state index in [9.17, 15) is 4.79 Å². The lowest BCUT2D eigenvalue weighted by atomic mass is 9.58. The van der Waals surface area contributed by atoms with E-state index in [0.717, 1.165) is 43.2 Å². The molecule has 2 aromatic rings. The standard InChI is InChI=1S/C25H30N2O/c1-17-23-24(28)21-11-10-20(26-15-18-6-4-3-5-7-18)14-22(21)25(17,2)12-13-27(23)16-19-8-9-19/h3-7,10-11,14,17,19,23,26H,8-9,12-13,15-16H2,1-2H3/t17-,23-,25?/m0/s1. The highest BCUT2D eigenvalue weighted by atomic mass is 16.1. The maximum atomic E-state index is 13.4. The molecule has 5 rings (SSSR count). The zero-order chi connectivity index (χ0) is 19.3. The van der Waals surface area contributed by atoms with Crippen LogP contribution in [-0.2, 0) is 12.0 Å². The van der Waals surface area contributed by atoms with Gasteiger partial charge in [0.2, 0.25) is 0 Å². The quantitative estimate of drug-likeness (QED) is 0.810. The molecule has 2 fully saturated rings. The van der Waals surface area contributed by atoms with Gasteiger partial charge in [0.05, 0.1) is 6.04 Å². The molecule has 0 aromatic heterocycles. The van der Waals surface area contributed by atoms with E-state index in [1.54, 1.807) is 0 Å². The first-order valence-electron chi connectivity index (χ1n) is 10.8. The van der Waals surface area contributed by atoms with Crippen LogP contribution in [0.15, 0.2) is 48.5 Å². The number of likely N-dealkylation sites (tertiary alicyclic amines) is 1. The van der Waals surface area contributed by atoms with Crippen molar-refractivity contribution in [1.82, 2.24) is 4.90 Å². The molecule has 3 heteroatoms. The number of hydrogen-bond acceptors (Lipinski definition) is 3. The molecule has 146 valence electrons. The van der Waals surface area contributed by atoms with Gasteiger partial charge < -0.3 is 5.32 Å². The van der Waals surface area contributed by atoms with Gasteiger partial charge in [-0.1, -0.05) is 44.2 Å². The highest BCUT2D eigenvalue weighted by molar-refractivity contribution is 6.04. The number of hydrogen-bond donors (Lipinski definition) is 1. The smallest absolute Gasteiger partial charge is 0.180 e. The highest BCUT2D eigenvalue weighted by Gasteiger charge is 2.52. The first-order valence-corrected chi connectivity index (χ1v) is 10.8. The van der Waals surface area contributed by atoms with Crippen molar-refractivity contribution in [1.29, 1.82) is 0 Å². The molecule has 1 saturated carbocycles. The monoisotopic (exact) mass is 374 g/mol. The summed E-state index contributed by atoms with van der Waals surface area (Å²) >= 11 is 0. The maximum Gasteiger partial charge on any atom is 0.180 e. The van der Waals surface area contributed by atoms with Gasteiger partial charge in [0.1, 0.15) is 0 Å². The SMILES string of the molecule is C[C@H]1[C@H]2C(=O)c3ccc(NCc4ccccc4)cc3C1(C)CCN2CC1CC1. The Hall–Kier alpha value is -2.13. The summed E-state index contributed by atoms with van der Waals surface area (Å²) in [5, 5.41) is 3.55. The lowest BCUT2D eigenvalue weighted by molar-refractivity contribution is 0.0266. The highest BCUT2D eigenvalue weighted by Crippen LogP contribution is 2.49. The Morgan fingerprint density at radius 3 is 2.68 bits per heavy atom. The number of nitrogens with one attached hydrogen (secondary N) is 1. The molecular weight excluding hydrogens is 344 g/mol. The summed E-state index contributed by atoms with van der Waals surface area (Å²) in [4.78, 5) is 15.9. The topological polar surface area (TPSA) is 32.3 Å². The van der Waals surface area contributed by atoms with E-state index in [0.29, 0.717) is 11.7 Å². The number of Topliss-reactive ketones (excluding diaryl/α,β-unsaturated/α-hetero) is 1. The van der Waals surface area contributed by atoms with Gasteiger partial charge in [-0.05, 0) is 72.4 Å². The second kappa shape index (κ2) is 6.73. The molecule has 0 amide bonds. The average molecular weight is 375 g/mol. The molecule has 0 radical (unpaired) electrons. The van der Waals surface area contributed by atoms with Crippen molar-refractivity contribution in [2.24, 2.45) is 11.8 Å². The van der Waals surface area contributed by atoms with Crippen LogP contribution >= 0.6 is 0 Å². The molecule has 1 heterocycles. The molecule has 1 unspecified atom stereocenters. The summed E-state index contributed by atoms with van der Waals surface area (Å²) in [6.07, 6.45) is 3.83. The minimum absolute atomic E-state index is 0.0648. The summed E-state index contributed by atoms with van der Waals surface area (Å²) in [6, 6.07) is 16.9. The average Bonchev–Trinajstić information content (AvgIpc) is 3.53. The largest absolute Gasteiger partial charge is 0.381 e. The number of carbonyl (C=O) groups excluding carboxylic acids is 1. The number of anilines is 1. The van der Waals surface area contributed by atoms with Crippen molar-refractivity contribution in [2.75, 3.05) is 18.4 Å². The Morgan fingerprint density at radius 1 is 1.14 bits per heavy atom. The third kappa shape index (κ3) is 2.97. The number of nitrogens with zero attached hydrogens (tertiary/aromatic N) is 1. The number of piperidine rings is 1. The Kier molecular flexibility index (Phi) is 4.31. The Balaban J connectivity index is 1.43. The summed E-state index contributed by atoms with van der Waals surface area (Å²) in [7, 11) is 0. The van der Waals surface area contributed by atoms with Gasteiger partial charge >= 0.3 is 0 Å². The van der Waals surface area contributed by atoms with Crippen LogP contribution in [0.5, 0.6) is 0 Å². The molecule has 1 saturated heterocycles. The van der Waals surface area contributed by atoms with Crippen LogP contribution in [0.3, 0.4) is 0 Å². The first-order chi connectivity index (χ1) is 13.6. The molecule has 1 N–H and O–H groups in total. The number of rotatable bonds is 5. The fourth-order valence-electron chi connectivity index (χ4n) is 5.32. The number of fused-ring (bicyclic) bond motifs is 4. The van der Waals surface area contributed by atoms with Gasteiger partial charge in [-0.2, -0.15) is 0 Å².